The van der Waals surface area contributed by atoms with Crippen LogP contribution in [0.5, 0.6) is 0 Å². The number of hydrogen-bond acceptors (Lipinski definition) is 3. The molecule has 416 valence electrons. The summed E-state index contributed by atoms with van der Waals surface area (Å²) in [5.41, 5.74) is 21.2. The molecule has 88 heavy (non-hydrogen) atoms. The van der Waals surface area contributed by atoms with Crippen LogP contribution in [-0.4, -0.2) is 4.40 Å². The van der Waals surface area contributed by atoms with Gasteiger partial charge in [-0.15, -0.1) is 0 Å². The second-order valence-corrected chi connectivity index (χ2v) is 24.3. The van der Waals surface area contributed by atoms with E-state index in [0.717, 1.165) is 133 Å². The van der Waals surface area contributed by atoms with Gasteiger partial charge < -0.3 is 18.6 Å². The summed E-state index contributed by atoms with van der Waals surface area (Å²) in [6.45, 7) is 6.95. The summed E-state index contributed by atoms with van der Waals surface area (Å²) >= 11 is 0. The van der Waals surface area contributed by atoms with Gasteiger partial charge in [-0.3, -0.25) is 0 Å². The normalized spacial score (nSPS) is 12.4. The van der Waals surface area contributed by atoms with E-state index in [2.05, 4.69) is 278 Å². The average Bonchev–Trinajstić information content (AvgIpc) is 1.57. The number of benzene rings is 14. The number of hydrogen-bond donors (Lipinski definition) is 0. The van der Waals surface area contributed by atoms with Gasteiger partial charge in [-0.1, -0.05) is 239 Å². The minimum Gasteiger partial charge on any atom is -0.455 e. The van der Waals surface area contributed by atoms with Crippen LogP contribution in [-0.2, 0) is 5.41 Å². The minimum absolute atomic E-state index is 0.110. The summed E-state index contributed by atoms with van der Waals surface area (Å²) in [5.74, 6) is 0. The van der Waals surface area contributed by atoms with E-state index in [1.807, 2.05) is 48.5 Å². The van der Waals surface area contributed by atoms with Crippen molar-refractivity contribution in [3.05, 3.63) is 309 Å². The number of furan rings is 1. The van der Waals surface area contributed by atoms with Crippen molar-refractivity contribution in [1.82, 2.24) is 4.40 Å². The quantitative estimate of drug-likeness (QED) is 0.136. The van der Waals surface area contributed by atoms with Crippen molar-refractivity contribution in [2.45, 2.75) is 26.2 Å². The fourth-order valence-corrected chi connectivity index (χ4v) is 13.9. The van der Waals surface area contributed by atoms with E-state index >= 15 is 0 Å². The molecule has 3 aromatic heterocycles. The van der Waals surface area contributed by atoms with Gasteiger partial charge in [0.1, 0.15) is 11.2 Å². The molecule has 0 amide bonds. The van der Waals surface area contributed by atoms with Crippen molar-refractivity contribution < 1.29 is 7.16 Å². The van der Waals surface area contributed by atoms with Gasteiger partial charge in [-0.05, 0) is 134 Å². The fourth-order valence-electron chi connectivity index (χ4n) is 13.9. The zero-order valence-corrected chi connectivity index (χ0v) is 49.0. The lowest BCUT2D eigenvalue weighted by Crippen LogP contribution is -2.12. The molecule has 14 aromatic carbocycles. The highest BCUT2D eigenvalue weighted by atomic mass is 16.3. The molecule has 0 aliphatic rings. The molecule has 0 spiro atoms. The second kappa shape index (κ2) is 20.2. The lowest BCUT2D eigenvalue weighted by atomic mass is 9.85. The van der Waals surface area contributed by atoms with E-state index in [4.69, 9.17) is 7.16 Å². The number of aromatic nitrogens is 1. The summed E-state index contributed by atoms with van der Waals surface area (Å²) in [5, 5.41) is 11.4. The van der Waals surface area contributed by atoms with Crippen molar-refractivity contribution >= 4 is 116 Å². The van der Waals surface area contributed by atoms with Crippen LogP contribution in [0.25, 0.3) is 126 Å². The van der Waals surface area contributed by atoms with Crippen molar-refractivity contribution in [2.24, 2.45) is 0 Å². The first kappa shape index (κ1) is 49.1. The van der Waals surface area contributed by atoms with Crippen molar-refractivity contribution in [3.8, 4) is 44.5 Å². The highest BCUT2D eigenvalue weighted by Gasteiger charge is 2.28. The number of rotatable bonds is 10. The molecule has 4 nitrogen and oxygen atoms in total. The third-order valence-electron chi connectivity index (χ3n) is 18.1. The topological polar surface area (TPSA) is 24.0 Å². The van der Waals surface area contributed by atoms with E-state index < -0.39 is 0 Å². The molecule has 0 bridgehead atoms. The maximum atomic E-state index is 8.38. The Bertz CT molecular complexity index is 5670. The van der Waals surface area contributed by atoms with E-state index in [-0.39, 0.29) is 5.41 Å². The first-order valence-corrected chi connectivity index (χ1v) is 30.3. The molecule has 0 aliphatic heterocycles. The Morgan fingerprint density at radius 3 is 1.51 bits per heavy atom. The van der Waals surface area contributed by atoms with Gasteiger partial charge in [0.25, 0.3) is 0 Å². The van der Waals surface area contributed by atoms with Crippen LogP contribution in [0, 0.1) is 0 Å². The van der Waals surface area contributed by atoms with Crippen LogP contribution in [0.3, 0.4) is 0 Å². The summed E-state index contributed by atoms with van der Waals surface area (Å²) in [7, 11) is 0. The average molecular weight is 1130 g/mol. The summed E-state index contributed by atoms with van der Waals surface area (Å²) in [6, 6.07) is 105. The second-order valence-electron chi connectivity index (χ2n) is 24.3. The van der Waals surface area contributed by atoms with Gasteiger partial charge >= 0.3 is 0 Å². The molecule has 4 heteroatoms. The zero-order valence-electron chi connectivity index (χ0n) is 51.0. The van der Waals surface area contributed by atoms with Gasteiger partial charge in [-0.2, -0.15) is 0 Å². The number of nitrogens with zero attached hydrogens (tertiary/aromatic N) is 3. The molecule has 0 radical (unpaired) electrons. The monoisotopic (exact) mass is 1130 g/mol. The van der Waals surface area contributed by atoms with Crippen LogP contribution in [0.4, 0.5) is 34.1 Å². The first-order valence-electron chi connectivity index (χ1n) is 31.3. The third kappa shape index (κ3) is 8.28. The van der Waals surface area contributed by atoms with Crippen LogP contribution in [0.2, 0.25) is 0 Å². The fraction of sp³-hybridized carbons (Fsp3) is 0.0476. The maximum Gasteiger partial charge on any atom is 0.143 e. The Morgan fingerprint density at radius 2 is 0.852 bits per heavy atom. The smallest absolute Gasteiger partial charge is 0.143 e. The lowest BCUT2D eigenvalue weighted by Gasteiger charge is -2.29. The Hall–Kier alpha value is -11.2. The number of anilines is 6. The Morgan fingerprint density at radius 1 is 0.341 bits per heavy atom. The molecular formula is C84H59N3O. The Balaban J connectivity index is 0.910. The Labute approximate surface area is 513 Å². The first-order chi connectivity index (χ1) is 44.1. The van der Waals surface area contributed by atoms with E-state index in [0.29, 0.717) is 12.1 Å². The van der Waals surface area contributed by atoms with Gasteiger partial charge in [0.15, 0.2) is 0 Å². The van der Waals surface area contributed by atoms with E-state index in [1.165, 1.54) is 32.6 Å². The van der Waals surface area contributed by atoms with Gasteiger partial charge in [0.05, 0.1) is 36.4 Å². The predicted molar refractivity (Wildman–Crippen MR) is 373 cm³/mol. The molecule has 0 N–H and O–H groups in total. The highest BCUT2D eigenvalue weighted by molar-refractivity contribution is 6.29. The number of fused-ring (bicyclic) bond motifs is 13. The standard InChI is InChI=1S/C84H59N3O/c1-84(2,3)61-49-73-68-45-43-64(85(62-34-22-32-58(46-62)54-24-8-4-9-25-54)75-40-20-18-36-65(75)56-28-12-6-13-29-56)51-77(68)87-78-52-71-60(48-72(78)74(50-61)82(73)87)42-44-70-81-69-39-17-16-38-67(69)79(53-80(81)88-83(70)71)86(63-35-23-33-59(47-63)55-26-10-5-11-27-55)76-41-21-19-37-66(76)57-30-14-7-15-31-57/h4-53H,1-3H3/i4D,7D. The zero-order chi connectivity index (χ0) is 60.4. The summed E-state index contributed by atoms with van der Waals surface area (Å²) < 4.78 is 26.6. The molecule has 0 atom stereocenters. The van der Waals surface area contributed by atoms with Crippen LogP contribution >= 0.6 is 0 Å². The van der Waals surface area contributed by atoms with Crippen molar-refractivity contribution in [3.63, 3.8) is 0 Å². The molecule has 17 aromatic rings. The van der Waals surface area contributed by atoms with Crippen LogP contribution < -0.4 is 9.80 Å². The third-order valence-corrected chi connectivity index (χ3v) is 18.1. The van der Waals surface area contributed by atoms with Crippen molar-refractivity contribution in [2.75, 3.05) is 9.80 Å². The molecule has 0 unspecified atom stereocenters. The predicted octanol–water partition coefficient (Wildman–Crippen LogP) is 23.9. The van der Waals surface area contributed by atoms with Crippen molar-refractivity contribution in [1.29, 1.82) is 0 Å². The van der Waals surface area contributed by atoms with Crippen LogP contribution in [0.15, 0.2) is 308 Å². The Kier molecular flexibility index (Phi) is 11.3. The molecular weight excluding hydrogens is 1070 g/mol. The molecule has 3 heterocycles. The molecule has 0 fully saturated rings. The van der Waals surface area contributed by atoms with E-state index in [1.54, 1.807) is 0 Å². The van der Waals surface area contributed by atoms with E-state index in [9.17, 15) is 0 Å². The molecule has 0 saturated carbocycles. The SMILES string of the molecule is [2H]c1ccc(-c2cccc(N(c3ccc4c5cc(C(C)(C)C)cc6c7cc8ccc9c(oc%10cc(N(c%11cccc(-c%12ccccc%12)c%11)c%11ccccc%11-c%11ccc([2H])cc%11)c%11ccccc%11c%109)c8cc7n(c4c3)c56)c3ccccc3-c3ccccc3)c2)cc1. The maximum absolute atomic E-state index is 8.38. The number of para-hydroxylation sites is 2. The molecule has 17 rings (SSSR count). The lowest BCUT2D eigenvalue weighted by molar-refractivity contribution is 0.592. The largest absolute Gasteiger partial charge is 0.455 e. The summed E-state index contributed by atoms with van der Waals surface area (Å²) in [4.78, 5) is 4.81. The highest BCUT2D eigenvalue weighted by Crippen LogP contribution is 2.51. The summed E-state index contributed by atoms with van der Waals surface area (Å²) in [6.07, 6.45) is 0. The van der Waals surface area contributed by atoms with Gasteiger partial charge in [0.2, 0.25) is 0 Å². The van der Waals surface area contributed by atoms with Crippen LogP contribution in [0.1, 0.15) is 29.1 Å². The molecule has 0 aliphatic carbocycles. The van der Waals surface area contributed by atoms with Gasteiger partial charge in [-0.25, -0.2) is 0 Å². The molecule has 0 saturated heterocycles. The van der Waals surface area contributed by atoms with Gasteiger partial charge in [0, 0.05) is 77.3 Å². The minimum atomic E-state index is -0.110.